The van der Waals surface area contributed by atoms with Gasteiger partial charge in [0.25, 0.3) is 0 Å². The van der Waals surface area contributed by atoms with Crippen molar-refractivity contribution >= 4 is 23.0 Å². The number of thiophene rings is 1. The van der Waals surface area contributed by atoms with Gasteiger partial charge in [-0.3, -0.25) is 9.59 Å². The fourth-order valence-corrected chi connectivity index (χ4v) is 3.76. The third kappa shape index (κ3) is 1.26. The highest BCUT2D eigenvalue weighted by Crippen LogP contribution is 2.44. The van der Waals surface area contributed by atoms with E-state index in [9.17, 15) is 9.59 Å². The van der Waals surface area contributed by atoms with E-state index in [1.165, 1.54) is 10.4 Å². The van der Waals surface area contributed by atoms with E-state index in [1.807, 2.05) is 4.90 Å². The molecule has 0 bridgehead atoms. The number of nitrogens with zero attached hydrogens (tertiary/aromatic N) is 1. The number of Topliss-reactive ketones (excluding diaryl/α,β-unsaturated/α-hetero) is 1. The van der Waals surface area contributed by atoms with E-state index in [0.29, 0.717) is 6.42 Å². The van der Waals surface area contributed by atoms with Crippen molar-refractivity contribution in [3.05, 3.63) is 21.9 Å². The SMILES string of the molecule is CC(=O)[C@H]1CC(=O)N2CCc3sccc3[C@H]12. The molecule has 0 spiro atoms. The summed E-state index contributed by atoms with van der Waals surface area (Å²) in [5.41, 5.74) is 1.21. The highest BCUT2D eigenvalue weighted by Gasteiger charge is 2.45. The van der Waals surface area contributed by atoms with E-state index in [4.69, 9.17) is 0 Å². The molecule has 0 aromatic carbocycles. The molecule has 3 rings (SSSR count). The lowest BCUT2D eigenvalue weighted by Gasteiger charge is -2.32. The Kier molecular flexibility index (Phi) is 2.14. The van der Waals surface area contributed by atoms with E-state index in [1.54, 1.807) is 18.3 Å². The van der Waals surface area contributed by atoms with Crippen LogP contribution in [0.1, 0.15) is 29.8 Å². The number of hydrogen-bond acceptors (Lipinski definition) is 3. The summed E-state index contributed by atoms with van der Waals surface area (Å²) in [7, 11) is 0. The molecule has 0 unspecified atom stereocenters. The topological polar surface area (TPSA) is 37.4 Å². The molecule has 1 saturated heterocycles. The molecule has 3 nitrogen and oxygen atoms in total. The Morgan fingerprint density at radius 1 is 1.56 bits per heavy atom. The van der Waals surface area contributed by atoms with E-state index in [0.717, 1.165) is 13.0 Å². The van der Waals surface area contributed by atoms with Gasteiger partial charge in [0, 0.05) is 17.8 Å². The third-order valence-corrected chi connectivity index (χ3v) is 4.63. The van der Waals surface area contributed by atoms with Crippen LogP contribution in [0.25, 0.3) is 0 Å². The van der Waals surface area contributed by atoms with Gasteiger partial charge in [-0.15, -0.1) is 11.3 Å². The van der Waals surface area contributed by atoms with E-state index in [-0.39, 0.29) is 23.7 Å². The molecule has 2 aliphatic heterocycles. The van der Waals surface area contributed by atoms with Gasteiger partial charge in [-0.2, -0.15) is 0 Å². The first-order valence-corrected chi connectivity index (χ1v) is 6.42. The summed E-state index contributed by atoms with van der Waals surface area (Å²) >= 11 is 1.74. The van der Waals surface area contributed by atoms with Crippen molar-refractivity contribution in [2.24, 2.45) is 5.92 Å². The van der Waals surface area contributed by atoms with Crippen LogP contribution in [0.2, 0.25) is 0 Å². The van der Waals surface area contributed by atoms with Gasteiger partial charge in [-0.1, -0.05) is 0 Å². The molecule has 1 amide bonds. The van der Waals surface area contributed by atoms with Crippen LogP contribution in [0, 0.1) is 5.92 Å². The molecular weight excluding hydrogens is 222 g/mol. The summed E-state index contributed by atoms with van der Waals surface area (Å²) in [5.74, 6) is 0.156. The quantitative estimate of drug-likeness (QED) is 0.744. The van der Waals surface area contributed by atoms with Crippen molar-refractivity contribution < 1.29 is 9.59 Å². The van der Waals surface area contributed by atoms with Crippen LogP contribution in [-0.4, -0.2) is 23.1 Å². The highest BCUT2D eigenvalue weighted by molar-refractivity contribution is 7.10. The van der Waals surface area contributed by atoms with Crippen LogP contribution in [0.15, 0.2) is 11.4 Å². The van der Waals surface area contributed by atoms with E-state index in [2.05, 4.69) is 11.4 Å². The number of amides is 1. The molecule has 1 aromatic rings. The van der Waals surface area contributed by atoms with Crippen molar-refractivity contribution in [2.75, 3.05) is 6.54 Å². The summed E-state index contributed by atoms with van der Waals surface area (Å²) in [6.45, 7) is 2.38. The van der Waals surface area contributed by atoms with Gasteiger partial charge < -0.3 is 4.90 Å². The lowest BCUT2D eigenvalue weighted by Crippen LogP contribution is -2.35. The Morgan fingerprint density at radius 3 is 3.12 bits per heavy atom. The van der Waals surface area contributed by atoms with Crippen molar-refractivity contribution in [3.8, 4) is 0 Å². The van der Waals surface area contributed by atoms with Gasteiger partial charge in [-0.05, 0) is 30.4 Å². The second-order valence-corrected chi connectivity index (χ2v) is 5.50. The van der Waals surface area contributed by atoms with Gasteiger partial charge in [0.05, 0.1) is 12.0 Å². The van der Waals surface area contributed by atoms with E-state index < -0.39 is 0 Å². The summed E-state index contributed by atoms with van der Waals surface area (Å²) in [5, 5.41) is 2.06. The standard InChI is InChI=1S/C12H13NO2S/c1-7(14)9-6-11(15)13-4-2-10-8(12(9)13)3-5-16-10/h3,5,9,12H,2,4,6H2,1H3/t9-,12-/m1/s1. The van der Waals surface area contributed by atoms with Crippen LogP contribution in [0.5, 0.6) is 0 Å². The zero-order chi connectivity index (χ0) is 11.3. The first-order valence-electron chi connectivity index (χ1n) is 5.54. The molecule has 0 aliphatic carbocycles. The van der Waals surface area contributed by atoms with E-state index >= 15 is 0 Å². The minimum Gasteiger partial charge on any atom is -0.334 e. The number of carbonyl (C=O) groups excluding carboxylic acids is 2. The first-order chi connectivity index (χ1) is 7.68. The van der Waals surface area contributed by atoms with Crippen LogP contribution < -0.4 is 0 Å². The summed E-state index contributed by atoms with van der Waals surface area (Å²) in [6, 6.07) is 2.10. The molecule has 1 fully saturated rings. The Balaban J connectivity index is 2.07. The molecule has 2 aliphatic rings. The first kappa shape index (κ1) is 10.0. The summed E-state index contributed by atoms with van der Waals surface area (Å²) in [4.78, 5) is 26.7. The smallest absolute Gasteiger partial charge is 0.223 e. The average molecular weight is 235 g/mol. The Labute approximate surface area is 98.1 Å². The summed E-state index contributed by atoms with van der Waals surface area (Å²) < 4.78 is 0. The maximum absolute atomic E-state index is 11.8. The van der Waals surface area contributed by atoms with Crippen LogP contribution in [-0.2, 0) is 16.0 Å². The van der Waals surface area contributed by atoms with Crippen molar-refractivity contribution in [1.29, 1.82) is 0 Å². The summed E-state index contributed by atoms with van der Waals surface area (Å²) in [6.07, 6.45) is 1.34. The lowest BCUT2D eigenvalue weighted by molar-refractivity contribution is -0.129. The zero-order valence-corrected chi connectivity index (χ0v) is 9.92. The van der Waals surface area contributed by atoms with Gasteiger partial charge in [0.1, 0.15) is 5.78 Å². The van der Waals surface area contributed by atoms with Crippen LogP contribution >= 0.6 is 11.3 Å². The van der Waals surface area contributed by atoms with Gasteiger partial charge >= 0.3 is 0 Å². The molecule has 84 valence electrons. The molecular formula is C12H13NO2S. The molecule has 0 saturated carbocycles. The zero-order valence-electron chi connectivity index (χ0n) is 9.10. The number of hydrogen-bond donors (Lipinski definition) is 0. The maximum atomic E-state index is 11.8. The number of rotatable bonds is 1. The Morgan fingerprint density at radius 2 is 2.38 bits per heavy atom. The largest absolute Gasteiger partial charge is 0.334 e. The number of carbonyl (C=O) groups is 2. The van der Waals surface area contributed by atoms with Gasteiger partial charge in [-0.25, -0.2) is 0 Å². The second kappa shape index (κ2) is 3.42. The highest BCUT2D eigenvalue weighted by atomic mass is 32.1. The second-order valence-electron chi connectivity index (χ2n) is 4.50. The molecule has 4 heteroatoms. The fourth-order valence-electron chi connectivity index (χ4n) is 2.84. The minimum absolute atomic E-state index is 0.0278. The number of fused-ring (bicyclic) bond motifs is 3. The van der Waals surface area contributed by atoms with Crippen LogP contribution in [0.3, 0.4) is 0 Å². The molecule has 16 heavy (non-hydrogen) atoms. The Bertz CT molecular complexity index is 465. The molecule has 0 N–H and O–H groups in total. The van der Waals surface area contributed by atoms with Crippen molar-refractivity contribution in [2.45, 2.75) is 25.8 Å². The molecule has 3 heterocycles. The molecule has 1 aromatic heterocycles. The lowest BCUT2D eigenvalue weighted by atomic mass is 9.89. The average Bonchev–Trinajstić information content (AvgIpc) is 2.81. The fraction of sp³-hybridized carbons (Fsp3) is 0.500. The van der Waals surface area contributed by atoms with Crippen LogP contribution in [0.4, 0.5) is 0 Å². The minimum atomic E-state index is -0.124. The van der Waals surface area contributed by atoms with Crippen molar-refractivity contribution in [1.82, 2.24) is 4.90 Å². The van der Waals surface area contributed by atoms with Gasteiger partial charge in [0.15, 0.2) is 0 Å². The maximum Gasteiger partial charge on any atom is 0.223 e. The number of ketones is 1. The van der Waals surface area contributed by atoms with Crippen molar-refractivity contribution in [3.63, 3.8) is 0 Å². The van der Waals surface area contributed by atoms with Gasteiger partial charge in [0.2, 0.25) is 5.91 Å². The normalized spacial score (nSPS) is 27.8. The third-order valence-electron chi connectivity index (χ3n) is 3.63. The Hall–Kier alpha value is -1.16. The molecule has 0 radical (unpaired) electrons. The predicted octanol–water partition coefficient (Wildman–Crippen LogP) is 1.78. The predicted molar refractivity (Wildman–Crippen MR) is 61.3 cm³/mol. The molecule has 2 atom stereocenters. The monoisotopic (exact) mass is 235 g/mol.